The van der Waals surface area contributed by atoms with E-state index in [2.05, 4.69) is 41.5 Å². The van der Waals surface area contributed by atoms with Crippen LogP contribution in [-0.4, -0.2) is 21.9 Å². The number of aryl methyl sites for hydroxylation is 2. The van der Waals surface area contributed by atoms with E-state index in [-0.39, 0.29) is 17.7 Å². The van der Waals surface area contributed by atoms with Gasteiger partial charge >= 0.3 is 0 Å². The zero-order valence-corrected chi connectivity index (χ0v) is 16.9. The lowest BCUT2D eigenvalue weighted by Crippen LogP contribution is -2.28. The molecule has 0 saturated heterocycles. The van der Waals surface area contributed by atoms with Crippen LogP contribution < -0.4 is 5.32 Å². The van der Waals surface area contributed by atoms with Gasteiger partial charge in [0.05, 0.1) is 11.8 Å². The average Bonchev–Trinajstić information content (AvgIpc) is 3.11. The fraction of sp³-hybridized carbons (Fsp3) is 0.250. The molecule has 3 aromatic rings. The van der Waals surface area contributed by atoms with E-state index in [1.54, 1.807) is 12.1 Å². The molecule has 1 atom stereocenters. The van der Waals surface area contributed by atoms with Gasteiger partial charge in [-0.3, -0.25) is 4.79 Å². The van der Waals surface area contributed by atoms with Crippen LogP contribution in [0.2, 0.25) is 5.02 Å². The normalized spacial score (nSPS) is 12.0. The van der Waals surface area contributed by atoms with Crippen LogP contribution in [0, 0.1) is 13.8 Å². The number of nitrogens with one attached hydrogen (secondary N) is 1. The summed E-state index contributed by atoms with van der Waals surface area (Å²) >= 11 is 7.18. The number of rotatable bonds is 6. The molecular formula is C20H20ClN3O2S. The summed E-state index contributed by atoms with van der Waals surface area (Å²) in [7, 11) is 0. The van der Waals surface area contributed by atoms with Gasteiger partial charge in [-0.2, -0.15) is 0 Å². The lowest BCUT2D eigenvalue weighted by molar-refractivity contribution is -0.119. The van der Waals surface area contributed by atoms with E-state index in [4.69, 9.17) is 16.0 Å². The Bertz CT molecular complexity index is 958. The fourth-order valence-electron chi connectivity index (χ4n) is 2.53. The molecule has 0 aliphatic heterocycles. The highest BCUT2D eigenvalue weighted by Crippen LogP contribution is 2.25. The molecule has 0 saturated carbocycles. The minimum atomic E-state index is -0.0896. The van der Waals surface area contributed by atoms with Crippen molar-refractivity contribution in [2.45, 2.75) is 32.0 Å². The summed E-state index contributed by atoms with van der Waals surface area (Å²) in [6.45, 7) is 6.11. The second-order valence-corrected chi connectivity index (χ2v) is 7.67. The van der Waals surface area contributed by atoms with Crippen molar-refractivity contribution in [1.82, 2.24) is 15.5 Å². The number of nitrogens with zero attached hydrogens (tertiary/aromatic N) is 2. The Balaban J connectivity index is 1.55. The minimum absolute atomic E-state index is 0.0675. The lowest BCUT2D eigenvalue weighted by atomic mass is 10.0. The first-order valence-corrected chi connectivity index (χ1v) is 9.87. The van der Waals surface area contributed by atoms with Crippen LogP contribution >= 0.6 is 23.4 Å². The molecule has 0 spiro atoms. The summed E-state index contributed by atoms with van der Waals surface area (Å²) < 4.78 is 5.60. The van der Waals surface area contributed by atoms with E-state index in [0.29, 0.717) is 16.1 Å². The third-order valence-corrected chi connectivity index (χ3v) is 5.27. The van der Waals surface area contributed by atoms with E-state index in [1.165, 1.54) is 22.9 Å². The monoisotopic (exact) mass is 401 g/mol. The molecule has 1 N–H and O–H groups in total. The standard InChI is InChI=1S/C20H20ClN3O2S/c1-12-7-8-15(9-13(12)2)14(3)22-18(25)11-27-20-24-23-19(26-20)16-5-4-6-17(21)10-16/h4-10,14H,11H2,1-3H3,(H,22,25)/t14-/m1/s1. The highest BCUT2D eigenvalue weighted by atomic mass is 35.5. The van der Waals surface area contributed by atoms with Crippen molar-refractivity contribution in [3.63, 3.8) is 0 Å². The van der Waals surface area contributed by atoms with Crippen LogP contribution in [0.1, 0.15) is 29.7 Å². The summed E-state index contributed by atoms with van der Waals surface area (Å²) in [5, 5.41) is 11.9. The average molecular weight is 402 g/mol. The van der Waals surface area contributed by atoms with E-state index in [9.17, 15) is 4.79 Å². The molecule has 7 heteroatoms. The van der Waals surface area contributed by atoms with Gasteiger partial charge in [-0.1, -0.05) is 47.6 Å². The maximum absolute atomic E-state index is 12.2. The number of hydrogen-bond acceptors (Lipinski definition) is 5. The van der Waals surface area contributed by atoms with Gasteiger partial charge in [-0.25, -0.2) is 0 Å². The lowest BCUT2D eigenvalue weighted by Gasteiger charge is -2.15. The van der Waals surface area contributed by atoms with Crippen LogP contribution in [0.5, 0.6) is 0 Å². The van der Waals surface area contributed by atoms with Crippen molar-refractivity contribution < 1.29 is 9.21 Å². The topological polar surface area (TPSA) is 68.0 Å². The Labute approximate surface area is 167 Å². The van der Waals surface area contributed by atoms with Crippen LogP contribution in [0.25, 0.3) is 11.5 Å². The summed E-state index contributed by atoms with van der Waals surface area (Å²) in [6.07, 6.45) is 0. The summed E-state index contributed by atoms with van der Waals surface area (Å²) in [5.74, 6) is 0.490. The number of hydrogen-bond donors (Lipinski definition) is 1. The first-order chi connectivity index (χ1) is 12.9. The summed E-state index contributed by atoms with van der Waals surface area (Å²) in [5.41, 5.74) is 4.27. The fourth-order valence-corrected chi connectivity index (χ4v) is 3.30. The number of amides is 1. The second kappa shape index (κ2) is 8.59. The predicted molar refractivity (Wildman–Crippen MR) is 108 cm³/mol. The van der Waals surface area contributed by atoms with Gasteiger partial charge in [0.1, 0.15) is 0 Å². The van der Waals surface area contributed by atoms with E-state index in [0.717, 1.165) is 11.1 Å². The van der Waals surface area contributed by atoms with E-state index < -0.39 is 0 Å². The van der Waals surface area contributed by atoms with Crippen molar-refractivity contribution >= 4 is 29.3 Å². The zero-order valence-electron chi connectivity index (χ0n) is 15.3. The van der Waals surface area contributed by atoms with Crippen molar-refractivity contribution in [3.05, 3.63) is 64.2 Å². The molecule has 1 heterocycles. The molecular weight excluding hydrogens is 382 g/mol. The summed E-state index contributed by atoms with van der Waals surface area (Å²) in [4.78, 5) is 12.2. The third kappa shape index (κ3) is 5.11. The van der Waals surface area contributed by atoms with E-state index >= 15 is 0 Å². The summed E-state index contributed by atoms with van der Waals surface area (Å²) in [6, 6.07) is 13.3. The highest BCUT2D eigenvalue weighted by molar-refractivity contribution is 7.99. The SMILES string of the molecule is Cc1ccc([C@@H](C)NC(=O)CSc2nnc(-c3cccc(Cl)c3)o2)cc1C. The zero-order chi connectivity index (χ0) is 19.4. The van der Waals surface area contributed by atoms with Crippen molar-refractivity contribution in [2.24, 2.45) is 0 Å². The number of carbonyl (C=O) groups is 1. The smallest absolute Gasteiger partial charge is 0.277 e. The number of benzene rings is 2. The molecule has 0 fully saturated rings. The molecule has 0 aliphatic rings. The number of carbonyl (C=O) groups excluding carboxylic acids is 1. The van der Waals surface area contributed by atoms with Gasteiger partial charge in [0.25, 0.3) is 5.22 Å². The molecule has 27 heavy (non-hydrogen) atoms. The maximum Gasteiger partial charge on any atom is 0.277 e. The molecule has 140 valence electrons. The van der Waals surface area contributed by atoms with Crippen LogP contribution in [0.3, 0.4) is 0 Å². The van der Waals surface area contributed by atoms with Gasteiger partial charge in [0, 0.05) is 10.6 Å². The number of aromatic nitrogens is 2. The van der Waals surface area contributed by atoms with Gasteiger partial charge in [-0.05, 0) is 55.7 Å². The molecule has 0 bridgehead atoms. The van der Waals surface area contributed by atoms with Crippen LogP contribution in [0.15, 0.2) is 52.1 Å². The van der Waals surface area contributed by atoms with Crippen LogP contribution in [-0.2, 0) is 4.79 Å². The maximum atomic E-state index is 12.2. The molecule has 0 aliphatic carbocycles. The van der Waals surface area contributed by atoms with Crippen molar-refractivity contribution in [3.8, 4) is 11.5 Å². The Hall–Kier alpha value is -2.31. The van der Waals surface area contributed by atoms with Gasteiger partial charge in [-0.15, -0.1) is 10.2 Å². The van der Waals surface area contributed by atoms with Crippen molar-refractivity contribution in [2.75, 3.05) is 5.75 Å². The minimum Gasteiger partial charge on any atom is -0.411 e. The quantitative estimate of drug-likeness (QED) is 0.590. The molecule has 2 aromatic carbocycles. The predicted octanol–water partition coefficient (Wildman–Crippen LogP) is 4.98. The molecule has 0 unspecified atom stereocenters. The second-order valence-electron chi connectivity index (χ2n) is 6.31. The largest absolute Gasteiger partial charge is 0.411 e. The molecule has 1 amide bonds. The Kier molecular flexibility index (Phi) is 6.19. The Morgan fingerprint density at radius 3 is 2.74 bits per heavy atom. The van der Waals surface area contributed by atoms with Gasteiger partial charge in [0.15, 0.2) is 0 Å². The van der Waals surface area contributed by atoms with Crippen LogP contribution in [0.4, 0.5) is 0 Å². The first-order valence-electron chi connectivity index (χ1n) is 8.51. The van der Waals surface area contributed by atoms with Gasteiger partial charge in [0.2, 0.25) is 11.8 Å². The highest BCUT2D eigenvalue weighted by Gasteiger charge is 2.14. The van der Waals surface area contributed by atoms with Crippen molar-refractivity contribution in [1.29, 1.82) is 0 Å². The molecule has 1 aromatic heterocycles. The van der Waals surface area contributed by atoms with Gasteiger partial charge < -0.3 is 9.73 Å². The Morgan fingerprint density at radius 2 is 2.00 bits per heavy atom. The first kappa shape index (κ1) is 19.5. The molecule has 0 radical (unpaired) electrons. The molecule has 5 nitrogen and oxygen atoms in total. The number of thioether (sulfide) groups is 1. The third-order valence-electron chi connectivity index (χ3n) is 4.21. The van der Waals surface area contributed by atoms with E-state index in [1.807, 2.05) is 25.1 Å². The molecule has 3 rings (SSSR count). The Morgan fingerprint density at radius 1 is 1.19 bits per heavy atom. The number of halogens is 1.